The first-order valence-electron chi connectivity index (χ1n) is 15.1. The summed E-state index contributed by atoms with van der Waals surface area (Å²) in [5.74, 6) is 1.65. The number of nitrogens with zero attached hydrogens (tertiary/aromatic N) is 2. The third kappa shape index (κ3) is 13.2. The molecule has 1 aliphatic rings. The largest absolute Gasteiger partial charge is 0.382 e. The van der Waals surface area contributed by atoms with Gasteiger partial charge in [-0.15, -0.1) is 4.47 Å². The predicted octanol–water partition coefficient (Wildman–Crippen LogP) is 4.40. The first kappa shape index (κ1) is 33.5. The van der Waals surface area contributed by atoms with Crippen LogP contribution < -0.4 is 21.5 Å². The Morgan fingerprint density at radius 2 is 1.56 bits per heavy atom. The van der Waals surface area contributed by atoms with Crippen molar-refractivity contribution < 1.29 is 19.0 Å². The third-order valence-corrected chi connectivity index (χ3v) is 8.19. The molecular formula is C30H48N4O6S. The number of ether oxygens (including phenoxy) is 3. The highest BCUT2D eigenvalue weighted by Gasteiger charge is 2.20. The minimum Gasteiger partial charge on any atom is -0.382 e. The highest BCUT2D eigenvalue weighted by atomic mass is 32.2. The van der Waals surface area contributed by atoms with Gasteiger partial charge < -0.3 is 24.8 Å². The van der Waals surface area contributed by atoms with Crippen molar-refractivity contribution in [1.29, 1.82) is 0 Å². The number of hydrogen-bond acceptors (Lipinski definition) is 11. The molecule has 2 aromatic rings. The molecule has 1 heterocycles. The second-order valence-corrected chi connectivity index (χ2v) is 11.4. The first-order chi connectivity index (χ1) is 20.2. The van der Waals surface area contributed by atoms with Gasteiger partial charge in [-0.2, -0.15) is 0 Å². The van der Waals surface area contributed by atoms with Crippen LogP contribution in [0.2, 0.25) is 0 Å². The van der Waals surface area contributed by atoms with E-state index < -0.39 is 10.9 Å². The zero-order valence-electron chi connectivity index (χ0n) is 24.6. The number of hydrogen-bond donors (Lipinski definition) is 2. The normalized spacial score (nSPS) is 14.2. The number of methoxy groups -OCH3 is 1. The van der Waals surface area contributed by atoms with Crippen molar-refractivity contribution in [2.75, 3.05) is 76.2 Å². The fourth-order valence-electron chi connectivity index (χ4n) is 4.69. The maximum Gasteiger partial charge on any atom is 0.253 e. The standard InChI is InChI=1S/C30H48N4O6S/c1-37-18-19-39-21-20-38-17-16-34(40-24-26-9-5-4-6-10-26)41-22-8-3-2-7-13-32-27-28(30(36)29(27)35)33-23-25-11-14-31-15-12-25/h11-12,14-15,26,32-33H,2-10,13,16-24H2,1H3. The minimum atomic E-state index is -0.449. The molecule has 1 fully saturated rings. The monoisotopic (exact) mass is 592 g/mol. The van der Waals surface area contributed by atoms with Crippen molar-refractivity contribution in [2.45, 2.75) is 64.3 Å². The molecule has 0 radical (unpaired) electrons. The van der Waals surface area contributed by atoms with Crippen LogP contribution in [0.3, 0.4) is 0 Å². The molecule has 0 atom stereocenters. The second kappa shape index (κ2) is 20.8. The summed E-state index contributed by atoms with van der Waals surface area (Å²) < 4.78 is 18.2. The number of aromatic nitrogens is 1. The van der Waals surface area contributed by atoms with E-state index >= 15 is 0 Å². The van der Waals surface area contributed by atoms with Crippen LogP contribution in [0.4, 0.5) is 11.4 Å². The Hall–Kier alpha value is -2.02. The van der Waals surface area contributed by atoms with Crippen LogP contribution in [0, 0.1) is 5.92 Å². The maximum atomic E-state index is 12.0. The van der Waals surface area contributed by atoms with Gasteiger partial charge >= 0.3 is 0 Å². The Balaban J connectivity index is 1.26. The Kier molecular flexibility index (Phi) is 17.0. The van der Waals surface area contributed by atoms with E-state index in [2.05, 4.69) is 15.6 Å². The number of anilines is 2. The Labute approximate surface area is 248 Å². The number of pyridine rings is 1. The van der Waals surface area contributed by atoms with Gasteiger partial charge in [0, 0.05) is 38.3 Å². The SMILES string of the molecule is COCCOCCOCCN(OCC1CCCCC1)SCCCCCCNc1c(NCc2ccncc2)c(=O)c1=O. The molecule has 0 aliphatic heterocycles. The van der Waals surface area contributed by atoms with Crippen molar-refractivity contribution >= 4 is 23.3 Å². The number of hydroxylamine groups is 1. The van der Waals surface area contributed by atoms with E-state index in [0.29, 0.717) is 63.4 Å². The summed E-state index contributed by atoms with van der Waals surface area (Å²) in [4.78, 5) is 34.2. The molecule has 1 aromatic heterocycles. The average Bonchev–Trinajstić information content (AvgIpc) is 3.01. The zero-order chi connectivity index (χ0) is 29.0. The molecule has 1 saturated carbocycles. The zero-order valence-corrected chi connectivity index (χ0v) is 25.4. The van der Waals surface area contributed by atoms with Crippen molar-refractivity contribution in [2.24, 2.45) is 5.92 Å². The molecule has 0 spiro atoms. The number of unbranched alkanes of at least 4 members (excludes halogenated alkanes) is 3. The maximum absolute atomic E-state index is 12.0. The third-order valence-electron chi connectivity index (χ3n) is 7.14. The lowest BCUT2D eigenvalue weighted by molar-refractivity contribution is -0.105. The van der Waals surface area contributed by atoms with Gasteiger partial charge in [0.25, 0.3) is 10.9 Å². The van der Waals surface area contributed by atoms with E-state index in [9.17, 15) is 9.59 Å². The molecule has 1 aliphatic carbocycles. The second-order valence-electron chi connectivity index (χ2n) is 10.4. The Bertz CT molecular complexity index is 1010. The molecule has 0 amide bonds. The van der Waals surface area contributed by atoms with E-state index in [1.54, 1.807) is 31.5 Å². The van der Waals surface area contributed by atoms with Gasteiger partial charge in [0.1, 0.15) is 11.4 Å². The number of nitrogens with one attached hydrogen (secondary N) is 2. The van der Waals surface area contributed by atoms with Crippen molar-refractivity contribution in [1.82, 2.24) is 9.45 Å². The van der Waals surface area contributed by atoms with E-state index in [0.717, 1.165) is 50.2 Å². The topological polar surface area (TPSA) is 111 Å². The smallest absolute Gasteiger partial charge is 0.253 e. The lowest BCUT2D eigenvalue weighted by atomic mass is 9.90. The van der Waals surface area contributed by atoms with Gasteiger partial charge in [0.15, 0.2) is 0 Å². The molecule has 11 heteroatoms. The molecule has 1 aromatic carbocycles. The van der Waals surface area contributed by atoms with Crippen molar-refractivity contribution in [3.05, 3.63) is 50.5 Å². The molecule has 0 bridgehead atoms. The summed E-state index contributed by atoms with van der Waals surface area (Å²) in [6.07, 6.45) is 14.1. The summed E-state index contributed by atoms with van der Waals surface area (Å²) >= 11 is 1.74. The molecule has 3 rings (SSSR count). The van der Waals surface area contributed by atoms with Crippen LogP contribution in [-0.2, 0) is 25.6 Å². The van der Waals surface area contributed by atoms with Gasteiger partial charge in [0.05, 0.1) is 46.2 Å². The van der Waals surface area contributed by atoms with Gasteiger partial charge in [-0.3, -0.25) is 19.4 Å². The summed E-state index contributed by atoms with van der Waals surface area (Å²) in [6.45, 7) is 5.59. The highest BCUT2D eigenvalue weighted by molar-refractivity contribution is 7.96. The van der Waals surface area contributed by atoms with Crippen LogP contribution in [-0.4, -0.2) is 75.0 Å². The summed E-state index contributed by atoms with van der Waals surface area (Å²) in [6, 6.07) is 3.75. The van der Waals surface area contributed by atoms with Crippen LogP contribution in [0.15, 0.2) is 34.1 Å². The summed E-state index contributed by atoms with van der Waals surface area (Å²) in [5, 5.41) is 6.25. The van der Waals surface area contributed by atoms with E-state index in [1.165, 1.54) is 32.1 Å². The van der Waals surface area contributed by atoms with Gasteiger partial charge in [0.2, 0.25) is 0 Å². The molecular weight excluding hydrogens is 544 g/mol. The van der Waals surface area contributed by atoms with Crippen LogP contribution in [0.25, 0.3) is 0 Å². The van der Waals surface area contributed by atoms with Crippen LogP contribution in [0.5, 0.6) is 0 Å². The van der Waals surface area contributed by atoms with Crippen LogP contribution >= 0.6 is 11.9 Å². The van der Waals surface area contributed by atoms with Crippen molar-refractivity contribution in [3.8, 4) is 0 Å². The Morgan fingerprint density at radius 3 is 2.32 bits per heavy atom. The van der Waals surface area contributed by atoms with E-state index in [1.807, 2.05) is 16.6 Å². The Morgan fingerprint density at radius 1 is 0.878 bits per heavy atom. The molecule has 230 valence electrons. The lowest BCUT2D eigenvalue weighted by Crippen LogP contribution is -2.37. The highest BCUT2D eigenvalue weighted by Crippen LogP contribution is 2.25. The predicted molar refractivity (Wildman–Crippen MR) is 165 cm³/mol. The fourth-order valence-corrected chi connectivity index (χ4v) is 5.57. The minimum absolute atomic E-state index is 0.388. The number of rotatable bonds is 24. The van der Waals surface area contributed by atoms with Gasteiger partial charge in [-0.25, -0.2) is 0 Å². The average molecular weight is 593 g/mol. The van der Waals surface area contributed by atoms with E-state index in [-0.39, 0.29) is 0 Å². The molecule has 41 heavy (non-hydrogen) atoms. The molecule has 0 saturated heterocycles. The summed E-state index contributed by atoms with van der Waals surface area (Å²) in [5.41, 5.74) is 0.920. The summed E-state index contributed by atoms with van der Waals surface area (Å²) in [7, 11) is 1.66. The van der Waals surface area contributed by atoms with E-state index in [4.69, 9.17) is 19.0 Å². The van der Waals surface area contributed by atoms with Crippen LogP contribution in [0.1, 0.15) is 63.4 Å². The lowest BCUT2D eigenvalue weighted by Gasteiger charge is -2.26. The van der Waals surface area contributed by atoms with Gasteiger partial charge in [-0.1, -0.05) is 44.1 Å². The quantitative estimate of drug-likeness (QED) is 0.0783. The first-order valence-corrected chi connectivity index (χ1v) is 16.0. The van der Waals surface area contributed by atoms with Gasteiger partial charge in [-0.05, 0) is 49.3 Å². The fraction of sp³-hybridized carbons (Fsp3) is 0.700. The molecule has 10 nitrogen and oxygen atoms in total. The molecule has 0 unspecified atom stereocenters. The van der Waals surface area contributed by atoms with Crippen molar-refractivity contribution in [3.63, 3.8) is 0 Å². The molecule has 2 N–H and O–H groups in total.